The molecule has 5 nitrogen and oxygen atoms in total. The Bertz CT molecular complexity index is 770. The fraction of sp³-hybridized carbons (Fsp3) is 0.200. The average molecular weight is 268 g/mol. The van der Waals surface area contributed by atoms with Crippen LogP contribution in [0.2, 0.25) is 0 Å². The monoisotopic (exact) mass is 268 g/mol. The molecule has 0 spiro atoms. The van der Waals surface area contributed by atoms with E-state index in [2.05, 4.69) is 10.3 Å². The van der Waals surface area contributed by atoms with Crippen LogP contribution in [0.1, 0.15) is 35.2 Å². The SMILES string of the molecule is O=C(Nc1ccc2oc(C3CC3)nc2c1)c1ccco1. The number of carbonyl (C=O) groups excluding carboxylic acids is 1. The zero-order valence-corrected chi connectivity index (χ0v) is 10.6. The average Bonchev–Trinajstić information content (AvgIpc) is 3.00. The van der Waals surface area contributed by atoms with E-state index in [4.69, 9.17) is 8.83 Å². The van der Waals surface area contributed by atoms with Gasteiger partial charge in [0.15, 0.2) is 17.2 Å². The van der Waals surface area contributed by atoms with Crippen LogP contribution in [-0.2, 0) is 0 Å². The molecule has 0 bridgehead atoms. The number of benzene rings is 1. The Morgan fingerprint density at radius 3 is 2.95 bits per heavy atom. The van der Waals surface area contributed by atoms with Crippen molar-refractivity contribution in [3.8, 4) is 0 Å². The van der Waals surface area contributed by atoms with Crippen LogP contribution in [0.3, 0.4) is 0 Å². The number of nitrogens with one attached hydrogen (secondary N) is 1. The number of oxazole rings is 1. The highest BCUT2D eigenvalue weighted by Gasteiger charge is 2.28. The van der Waals surface area contributed by atoms with E-state index in [1.54, 1.807) is 18.2 Å². The molecule has 100 valence electrons. The molecular formula is C15H12N2O3. The molecule has 1 fully saturated rings. The molecule has 1 amide bonds. The molecule has 5 heteroatoms. The summed E-state index contributed by atoms with van der Waals surface area (Å²) in [5.41, 5.74) is 2.20. The van der Waals surface area contributed by atoms with Crippen molar-refractivity contribution >= 4 is 22.7 Å². The van der Waals surface area contributed by atoms with Crippen LogP contribution in [0.25, 0.3) is 11.1 Å². The lowest BCUT2D eigenvalue weighted by Gasteiger charge is -2.01. The zero-order valence-electron chi connectivity index (χ0n) is 10.6. The van der Waals surface area contributed by atoms with Crippen molar-refractivity contribution in [3.63, 3.8) is 0 Å². The second-order valence-electron chi connectivity index (χ2n) is 4.94. The Morgan fingerprint density at radius 1 is 1.30 bits per heavy atom. The van der Waals surface area contributed by atoms with Crippen molar-refractivity contribution in [1.29, 1.82) is 0 Å². The van der Waals surface area contributed by atoms with E-state index in [0.29, 0.717) is 11.6 Å². The summed E-state index contributed by atoms with van der Waals surface area (Å²) in [4.78, 5) is 16.4. The number of furan rings is 1. The highest BCUT2D eigenvalue weighted by molar-refractivity contribution is 6.02. The Hall–Kier alpha value is -2.56. The normalized spacial score (nSPS) is 14.6. The second-order valence-corrected chi connectivity index (χ2v) is 4.94. The quantitative estimate of drug-likeness (QED) is 0.788. The standard InChI is InChI=1S/C15H12N2O3/c18-14(13-2-1-7-19-13)16-10-5-6-12-11(8-10)17-15(20-12)9-3-4-9/h1-2,5-9H,3-4H2,(H,16,18). The van der Waals surface area contributed by atoms with E-state index >= 15 is 0 Å². The summed E-state index contributed by atoms with van der Waals surface area (Å²) in [7, 11) is 0. The van der Waals surface area contributed by atoms with Gasteiger partial charge in [-0.05, 0) is 43.2 Å². The number of aromatic nitrogens is 1. The lowest BCUT2D eigenvalue weighted by atomic mass is 10.3. The molecule has 0 unspecified atom stereocenters. The number of hydrogen-bond acceptors (Lipinski definition) is 4. The van der Waals surface area contributed by atoms with E-state index in [1.165, 1.54) is 6.26 Å². The van der Waals surface area contributed by atoms with Gasteiger partial charge in [0.25, 0.3) is 5.91 Å². The van der Waals surface area contributed by atoms with E-state index in [0.717, 1.165) is 29.8 Å². The minimum Gasteiger partial charge on any atom is -0.459 e. The van der Waals surface area contributed by atoms with Crippen molar-refractivity contribution in [2.75, 3.05) is 5.32 Å². The van der Waals surface area contributed by atoms with Crippen molar-refractivity contribution in [1.82, 2.24) is 4.98 Å². The number of fused-ring (bicyclic) bond motifs is 1. The molecule has 0 aliphatic heterocycles. The third-order valence-electron chi connectivity index (χ3n) is 3.33. The number of anilines is 1. The van der Waals surface area contributed by atoms with Gasteiger partial charge in [0.2, 0.25) is 0 Å². The van der Waals surface area contributed by atoms with Gasteiger partial charge >= 0.3 is 0 Å². The predicted molar refractivity (Wildman–Crippen MR) is 72.6 cm³/mol. The van der Waals surface area contributed by atoms with Crippen LogP contribution >= 0.6 is 0 Å². The lowest BCUT2D eigenvalue weighted by Crippen LogP contribution is -2.10. The number of amides is 1. The van der Waals surface area contributed by atoms with Crippen molar-refractivity contribution < 1.29 is 13.6 Å². The molecule has 0 atom stereocenters. The largest absolute Gasteiger partial charge is 0.459 e. The van der Waals surface area contributed by atoms with Gasteiger partial charge in [0, 0.05) is 11.6 Å². The molecule has 1 aromatic carbocycles. The first kappa shape index (κ1) is 11.3. The molecule has 20 heavy (non-hydrogen) atoms. The summed E-state index contributed by atoms with van der Waals surface area (Å²) >= 11 is 0. The number of nitrogens with zero attached hydrogens (tertiary/aromatic N) is 1. The van der Waals surface area contributed by atoms with Crippen molar-refractivity contribution in [2.24, 2.45) is 0 Å². The second kappa shape index (κ2) is 4.23. The van der Waals surface area contributed by atoms with Gasteiger partial charge in [0.05, 0.1) is 6.26 Å². The van der Waals surface area contributed by atoms with E-state index in [1.807, 2.05) is 12.1 Å². The lowest BCUT2D eigenvalue weighted by molar-refractivity contribution is 0.0996. The van der Waals surface area contributed by atoms with E-state index < -0.39 is 0 Å². The maximum absolute atomic E-state index is 11.9. The third-order valence-corrected chi connectivity index (χ3v) is 3.33. The van der Waals surface area contributed by atoms with Gasteiger partial charge in [-0.25, -0.2) is 4.98 Å². The molecule has 0 radical (unpaired) electrons. The highest BCUT2D eigenvalue weighted by Crippen LogP contribution is 2.40. The van der Waals surface area contributed by atoms with Gasteiger partial charge in [0.1, 0.15) is 5.52 Å². The van der Waals surface area contributed by atoms with Crippen LogP contribution < -0.4 is 5.32 Å². The summed E-state index contributed by atoms with van der Waals surface area (Å²) in [6.07, 6.45) is 3.77. The summed E-state index contributed by atoms with van der Waals surface area (Å²) in [6.45, 7) is 0. The van der Waals surface area contributed by atoms with Gasteiger partial charge in [-0.1, -0.05) is 0 Å². The third kappa shape index (κ3) is 1.97. The Balaban J connectivity index is 1.61. The van der Waals surface area contributed by atoms with Gasteiger partial charge < -0.3 is 14.2 Å². The number of carbonyl (C=O) groups is 1. The van der Waals surface area contributed by atoms with Crippen LogP contribution in [-0.4, -0.2) is 10.9 Å². The molecule has 1 N–H and O–H groups in total. The first-order valence-corrected chi connectivity index (χ1v) is 6.55. The molecule has 2 heterocycles. The van der Waals surface area contributed by atoms with Crippen molar-refractivity contribution in [3.05, 3.63) is 48.2 Å². The maximum atomic E-state index is 11.9. The van der Waals surface area contributed by atoms with Crippen LogP contribution in [0.4, 0.5) is 5.69 Å². The van der Waals surface area contributed by atoms with Gasteiger partial charge in [-0.15, -0.1) is 0 Å². The fourth-order valence-electron chi connectivity index (χ4n) is 2.13. The Kier molecular flexibility index (Phi) is 2.39. The minimum absolute atomic E-state index is 0.278. The summed E-state index contributed by atoms with van der Waals surface area (Å²) in [6, 6.07) is 8.73. The fourth-order valence-corrected chi connectivity index (χ4v) is 2.13. The molecule has 4 rings (SSSR count). The molecule has 1 saturated carbocycles. The first-order chi connectivity index (χ1) is 9.79. The Morgan fingerprint density at radius 2 is 2.20 bits per heavy atom. The van der Waals surface area contributed by atoms with Gasteiger partial charge in [-0.3, -0.25) is 4.79 Å². The van der Waals surface area contributed by atoms with E-state index in [-0.39, 0.29) is 11.7 Å². The summed E-state index contributed by atoms with van der Waals surface area (Å²) < 4.78 is 10.7. The first-order valence-electron chi connectivity index (χ1n) is 6.55. The van der Waals surface area contributed by atoms with Gasteiger partial charge in [-0.2, -0.15) is 0 Å². The molecule has 1 aliphatic carbocycles. The summed E-state index contributed by atoms with van der Waals surface area (Å²) in [5, 5.41) is 2.78. The minimum atomic E-state index is -0.278. The van der Waals surface area contributed by atoms with E-state index in [9.17, 15) is 4.79 Å². The summed E-state index contributed by atoms with van der Waals surface area (Å²) in [5.74, 6) is 1.28. The smallest absolute Gasteiger partial charge is 0.291 e. The topological polar surface area (TPSA) is 68.3 Å². The molecular weight excluding hydrogens is 256 g/mol. The Labute approximate surface area is 114 Å². The van der Waals surface area contributed by atoms with Crippen LogP contribution in [0.5, 0.6) is 0 Å². The number of hydrogen-bond donors (Lipinski definition) is 1. The van der Waals surface area contributed by atoms with Crippen molar-refractivity contribution in [2.45, 2.75) is 18.8 Å². The van der Waals surface area contributed by atoms with Crippen LogP contribution in [0.15, 0.2) is 45.4 Å². The highest BCUT2D eigenvalue weighted by atomic mass is 16.3. The molecule has 2 aromatic heterocycles. The maximum Gasteiger partial charge on any atom is 0.291 e. The number of rotatable bonds is 3. The predicted octanol–water partition coefficient (Wildman–Crippen LogP) is 3.55. The zero-order chi connectivity index (χ0) is 13.5. The molecule has 3 aromatic rings. The molecule has 0 saturated heterocycles. The van der Waals surface area contributed by atoms with Crippen LogP contribution in [0, 0.1) is 0 Å². The molecule has 1 aliphatic rings.